The summed E-state index contributed by atoms with van der Waals surface area (Å²) in [6.45, 7) is 11.1. The van der Waals surface area contributed by atoms with Crippen LogP contribution in [0.3, 0.4) is 0 Å². The van der Waals surface area contributed by atoms with Gasteiger partial charge in [0.25, 0.3) is 0 Å². The highest BCUT2D eigenvalue weighted by Crippen LogP contribution is 2.66. The molecule has 4 aliphatic carbocycles. The first-order chi connectivity index (χ1) is 16.6. The molecule has 7 aliphatic rings. The fourth-order valence-electron chi connectivity index (χ4n) is 9.18. The van der Waals surface area contributed by atoms with Crippen LogP contribution >= 0.6 is 0 Å². The lowest BCUT2D eigenvalue weighted by atomic mass is 9.57. The first kappa shape index (κ1) is 23.3. The summed E-state index contributed by atoms with van der Waals surface area (Å²) < 4.78 is 6.94. The summed E-state index contributed by atoms with van der Waals surface area (Å²) in [5, 5.41) is 14.1. The van der Waals surface area contributed by atoms with Crippen LogP contribution in [0.25, 0.3) is 0 Å². The number of aliphatic hydroxyl groups is 1. The quantitative estimate of drug-likeness (QED) is 0.419. The number of allylic oxidation sites excluding steroid dienone is 6. The van der Waals surface area contributed by atoms with Gasteiger partial charge in [0.15, 0.2) is 0 Å². The molecule has 0 spiro atoms. The Morgan fingerprint density at radius 1 is 1.20 bits per heavy atom. The summed E-state index contributed by atoms with van der Waals surface area (Å²) in [6, 6.07) is 0. The third-order valence-electron chi connectivity index (χ3n) is 10.4. The molecular weight excluding hydrogens is 438 g/mol. The van der Waals surface area contributed by atoms with E-state index in [0.29, 0.717) is 18.3 Å². The summed E-state index contributed by atoms with van der Waals surface area (Å²) in [4.78, 5) is 27.4. The third kappa shape index (κ3) is 3.44. The van der Waals surface area contributed by atoms with Gasteiger partial charge in [-0.05, 0) is 49.5 Å². The number of hydrogen-bond acceptors (Lipinski definition) is 4. The smallest absolute Gasteiger partial charge is 0.232 e. The molecule has 2 saturated carbocycles. The molecule has 0 aromatic rings. The Hall–Kier alpha value is -2.14. The van der Waals surface area contributed by atoms with Crippen molar-refractivity contribution in [1.82, 2.24) is 5.32 Å². The number of rotatable bonds is 1. The largest absolute Gasteiger partial charge is 0.494 e. The fraction of sp³-hybridized carbons (Fsp3) is 0.667. The van der Waals surface area contributed by atoms with E-state index in [0.717, 1.165) is 37.0 Å². The van der Waals surface area contributed by atoms with Crippen molar-refractivity contribution in [3.05, 3.63) is 47.8 Å². The molecule has 3 aliphatic heterocycles. The van der Waals surface area contributed by atoms with E-state index in [1.807, 2.05) is 6.08 Å². The average molecular weight is 478 g/mol. The molecule has 0 radical (unpaired) electrons. The van der Waals surface area contributed by atoms with Gasteiger partial charge in [-0.15, -0.1) is 6.58 Å². The normalized spacial score (nSPS) is 48.6. The van der Waals surface area contributed by atoms with E-state index in [9.17, 15) is 14.7 Å². The predicted molar refractivity (Wildman–Crippen MR) is 134 cm³/mol. The van der Waals surface area contributed by atoms with Gasteiger partial charge in [-0.1, -0.05) is 49.6 Å². The molecule has 4 fully saturated rings. The Balaban J connectivity index is 1.53. The zero-order chi connectivity index (χ0) is 24.7. The van der Waals surface area contributed by atoms with Crippen molar-refractivity contribution in [2.24, 2.45) is 46.8 Å². The minimum absolute atomic E-state index is 0.00400. The number of carbonyl (C=O) groups excluding carboxylic acids is 2. The number of fused-ring (bicyclic) bond motifs is 4. The van der Waals surface area contributed by atoms with E-state index < -0.39 is 11.6 Å². The third-order valence-corrected chi connectivity index (χ3v) is 10.4. The number of carbonyl (C=O) groups is 2. The molecule has 35 heavy (non-hydrogen) atoms. The second kappa shape index (κ2) is 7.93. The monoisotopic (exact) mass is 477 g/mol. The van der Waals surface area contributed by atoms with Crippen LogP contribution in [0.5, 0.6) is 0 Å². The van der Waals surface area contributed by atoms with Crippen LogP contribution in [-0.4, -0.2) is 28.6 Å². The Morgan fingerprint density at radius 2 is 2.00 bits per heavy atom. The second-order valence-electron chi connectivity index (χ2n) is 12.7. The number of ketones is 1. The minimum atomic E-state index is -1.36. The van der Waals surface area contributed by atoms with Crippen LogP contribution < -0.4 is 5.32 Å². The zero-order valence-electron chi connectivity index (χ0n) is 21.3. The molecule has 1 amide bonds. The molecule has 2 N–H and O–H groups in total. The number of ether oxygens (including phenoxy) is 1. The van der Waals surface area contributed by atoms with Crippen LogP contribution in [0.4, 0.5) is 0 Å². The van der Waals surface area contributed by atoms with E-state index in [4.69, 9.17) is 4.74 Å². The number of nitrogens with one attached hydrogen (secondary N) is 1. The van der Waals surface area contributed by atoms with Gasteiger partial charge in [-0.2, -0.15) is 0 Å². The van der Waals surface area contributed by atoms with Crippen LogP contribution in [0.1, 0.15) is 65.7 Å². The first-order valence-electron chi connectivity index (χ1n) is 13.6. The lowest BCUT2D eigenvalue weighted by Crippen LogP contribution is -2.46. The average Bonchev–Trinajstić information content (AvgIpc) is 3.24. The minimum Gasteiger partial charge on any atom is -0.494 e. The molecule has 7 rings (SSSR count). The van der Waals surface area contributed by atoms with Crippen molar-refractivity contribution >= 4 is 11.7 Å². The van der Waals surface area contributed by atoms with Crippen molar-refractivity contribution in [2.75, 3.05) is 0 Å². The van der Waals surface area contributed by atoms with Crippen molar-refractivity contribution in [3.63, 3.8) is 0 Å². The van der Waals surface area contributed by atoms with E-state index in [2.05, 4.69) is 50.9 Å². The molecule has 2 saturated heterocycles. The van der Waals surface area contributed by atoms with Gasteiger partial charge in [0.05, 0.1) is 5.76 Å². The van der Waals surface area contributed by atoms with Gasteiger partial charge in [-0.25, -0.2) is 0 Å². The molecule has 1 unspecified atom stereocenters. The molecule has 0 aromatic heterocycles. The lowest BCUT2D eigenvalue weighted by Gasteiger charge is -2.46. The highest BCUT2D eigenvalue weighted by Gasteiger charge is 2.65. The van der Waals surface area contributed by atoms with Gasteiger partial charge in [0, 0.05) is 42.9 Å². The molecule has 4 bridgehead atoms. The second-order valence-corrected chi connectivity index (χ2v) is 12.7. The van der Waals surface area contributed by atoms with Crippen molar-refractivity contribution < 1.29 is 19.4 Å². The van der Waals surface area contributed by atoms with Crippen molar-refractivity contribution in [1.29, 1.82) is 0 Å². The topological polar surface area (TPSA) is 75.6 Å². The van der Waals surface area contributed by atoms with E-state index >= 15 is 0 Å². The van der Waals surface area contributed by atoms with Crippen LogP contribution in [0, 0.1) is 46.8 Å². The molecular formula is C30H39NO4. The number of hydrogen-bond donors (Lipinski definition) is 2. The SMILES string of the molecule is C=C[C@@H]1C=C(C)[C@H]2[C@@H]3[C@H](OC4=CC=C(CC4)C[C@@]4(O)CC(C(=O)N4)C(=O)[C@@H]13)[C@@H]1CC[C@@H](C)C[C@]12C. The van der Waals surface area contributed by atoms with Crippen molar-refractivity contribution in [3.8, 4) is 0 Å². The molecule has 3 heterocycles. The molecule has 0 aromatic carbocycles. The molecule has 5 nitrogen and oxygen atoms in total. The number of amides is 1. The fourth-order valence-corrected chi connectivity index (χ4v) is 9.18. The molecule has 5 heteroatoms. The van der Waals surface area contributed by atoms with E-state index in [1.54, 1.807) is 0 Å². The summed E-state index contributed by atoms with van der Waals surface area (Å²) in [7, 11) is 0. The summed E-state index contributed by atoms with van der Waals surface area (Å²) in [5.74, 6) is 0.571. The highest BCUT2D eigenvalue weighted by atomic mass is 16.5. The summed E-state index contributed by atoms with van der Waals surface area (Å²) in [5.41, 5.74) is 1.13. The lowest BCUT2D eigenvalue weighted by molar-refractivity contribution is -0.138. The number of Topliss-reactive ketones (excluding diaryl/α,β-unsaturated/α-hetero) is 1. The first-order valence-corrected chi connectivity index (χ1v) is 13.6. The van der Waals surface area contributed by atoms with Gasteiger partial charge in [0.2, 0.25) is 5.91 Å². The van der Waals surface area contributed by atoms with Crippen LogP contribution in [-0.2, 0) is 14.3 Å². The van der Waals surface area contributed by atoms with E-state index in [-0.39, 0.29) is 53.3 Å². The standard InChI is InChI=1S/C30H39NO4/c1-5-19-12-17(3)25-24-23(19)26(32)21-15-30(34,31-28(21)33)14-18-7-9-20(10-8-18)35-27(24)22-11-6-16(2)13-29(22,25)4/h5,7,9,12,16,19,21-25,27,34H,1,6,8,10-11,13-15H2,2-4H3,(H,31,33)/t16-,19-,21?,22+,23+,24-,25+,27-,29-,30-/m1/s1. The van der Waals surface area contributed by atoms with Crippen LogP contribution in [0.2, 0.25) is 0 Å². The maximum Gasteiger partial charge on any atom is 0.232 e. The summed E-state index contributed by atoms with van der Waals surface area (Å²) >= 11 is 0. The van der Waals surface area contributed by atoms with Crippen LogP contribution in [0.15, 0.2) is 47.8 Å². The van der Waals surface area contributed by atoms with Gasteiger partial charge in [-0.3, -0.25) is 9.59 Å². The van der Waals surface area contributed by atoms with Gasteiger partial charge < -0.3 is 15.2 Å². The maximum absolute atomic E-state index is 14.3. The Kier molecular flexibility index (Phi) is 5.27. The van der Waals surface area contributed by atoms with Crippen molar-refractivity contribution in [2.45, 2.75) is 77.5 Å². The van der Waals surface area contributed by atoms with E-state index in [1.165, 1.54) is 12.0 Å². The Bertz CT molecular complexity index is 1070. The van der Waals surface area contributed by atoms with Gasteiger partial charge in [0.1, 0.15) is 23.5 Å². The molecule has 188 valence electrons. The Labute approximate surface area is 208 Å². The summed E-state index contributed by atoms with van der Waals surface area (Å²) in [6.07, 6.45) is 13.7. The Morgan fingerprint density at radius 3 is 2.71 bits per heavy atom. The highest BCUT2D eigenvalue weighted by molar-refractivity contribution is 6.04. The maximum atomic E-state index is 14.3. The predicted octanol–water partition coefficient (Wildman–Crippen LogP) is 4.84. The zero-order valence-corrected chi connectivity index (χ0v) is 21.3. The van der Waals surface area contributed by atoms with Gasteiger partial charge >= 0.3 is 0 Å². The molecule has 10 atom stereocenters.